The number of para-hydroxylation sites is 1. The normalized spacial score (nSPS) is 10.7. The van der Waals surface area contributed by atoms with Crippen molar-refractivity contribution in [1.29, 1.82) is 0 Å². The first-order valence-electron chi connectivity index (χ1n) is 8.80. The maximum absolute atomic E-state index is 13.1. The highest BCUT2D eigenvalue weighted by Gasteiger charge is 2.15. The Labute approximate surface area is 157 Å². The highest BCUT2D eigenvalue weighted by Crippen LogP contribution is 2.26. The molecule has 0 spiro atoms. The van der Waals surface area contributed by atoms with E-state index in [1.165, 1.54) is 5.56 Å². The summed E-state index contributed by atoms with van der Waals surface area (Å²) in [6, 6.07) is 19.3. The van der Waals surface area contributed by atoms with Gasteiger partial charge in [0.25, 0.3) is 5.91 Å². The van der Waals surface area contributed by atoms with Gasteiger partial charge in [-0.05, 0) is 49.7 Å². The number of fused-ring (bicyclic) bond motifs is 1. The zero-order chi connectivity index (χ0) is 18.8. The molecule has 132 valence electrons. The quantitative estimate of drug-likeness (QED) is 0.553. The Morgan fingerprint density at radius 3 is 2.59 bits per heavy atom. The van der Waals surface area contributed by atoms with Crippen molar-refractivity contribution in [2.24, 2.45) is 0 Å². The smallest absolute Gasteiger partial charge is 0.256 e. The SMILES string of the molecule is Cc1ccc(NC(=O)c2cc(-c3cccnc3)nc3ccccc23)c(C)c1. The van der Waals surface area contributed by atoms with Gasteiger partial charge in [0.2, 0.25) is 0 Å². The van der Waals surface area contributed by atoms with Gasteiger partial charge in [-0.25, -0.2) is 4.98 Å². The minimum Gasteiger partial charge on any atom is -0.322 e. The lowest BCUT2D eigenvalue weighted by Gasteiger charge is -2.12. The average molecular weight is 353 g/mol. The second-order valence-electron chi connectivity index (χ2n) is 6.59. The molecule has 4 rings (SSSR count). The maximum atomic E-state index is 13.1. The van der Waals surface area contributed by atoms with Crippen LogP contribution in [0.1, 0.15) is 21.5 Å². The van der Waals surface area contributed by atoms with Gasteiger partial charge >= 0.3 is 0 Å². The number of hydrogen-bond donors (Lipinski definition) is 1. The largest absolute Gasteiger partial charge is 0.322 e. The molecule has 1 amide bonds. The second kappa shape index (κ2) is 7.00. The fourth-order valence-corrected chi connectivity index (χ4v) is 3.17. The van der Waals surface area contributed by atoms with Crippen LogP contribution in [-0.4, -0.2) is 15.9 Å². The lowest BCUT2D eigenvalue weighted by molar-refractivity contribution is 0.102. The van der Waals surface area contributed by atoms with E-state index in [1.807, 2.05) is 68.4 Å². The molecule has 0 atom stereocenters. The summed E-state index contributed by atoms with van der Waals surface area (Å²) in [5.41, 5.74) is 6.00. The van der Waals surface area contributed by atoms with Crippen molar-refractivity contribution >= 4 is 22.5 Å². The summed E-state index contributed by atoms with van der Waals surface area (Å²) in [5.74, 6) is -0.148. The van der Waals surface area contributed by atoms with E-state index in [-0.39, 0.29) is 5.91 Å². The topological polar surface area (TPSA) is 54.9 Å². The molecule has 4 heteroatoms. The van der Waals surface area contributed by atoms with Crippen LogP contribution in [0.25, 0.3) is 22.2 Å². The fraction of sp³-hybridized carbons (Fsp3) is 0.0870. The van der Waals surface area contributed by atoms with E-state index in [9.17, 15) is 4.79 Å². The minimum absolute atomic E-state index is 0.148. The van der Waals surface area contributed by atoms with Crippen LogP contribution in [0.3, 0.4) is 0 Å². The summed E-state index contributed by atoms with van der Waals surface area (Å²) < 4.78 is 0. The molecule has 0 saturated heterocycles. The van der Waals surface area contributed by atoms with Gasteiger partial charge in [-0.3, -0.25) is 9.78 Å². The Hall–Kier alpha value is -3.53. The molecule has 4 nitrogen and oxygen atoms in total. The molecule has 2 aromatic heterocycles. The maximum Gasteiger partial charge on any atom is 0.256 e. The fourth-order valence-electron chi connectivity index (χ4n) is 3.17. The van der Waals surface area contributed by atoms with Crippen LogP contribution in [0, 0.1) is 13.8 Å². The van der Waals surface area contributed by atoms with E-state index >= 15 is 0 Å². The molecule has 0 aliphatic rings. The lowest BCUT2D eigenvalue weighted by Crippen LogP contribution is -2.14. The number of anilines is 1. The molecular weight excluding hydrogens is 334 g/mol. The number of benzene rings is 2. The van der Waals surface area contributed by atoms with E-state index in [0.717, 1.165) is 33.4 Å². The molecule has 0 bridgehead atoms. The summed E-state index contributed by atoms with van der Waals surface area (Å²) in [6.45, 7) is 4.03. The summed E-state index contributed by atoms with van der Waals surface area (Å²) in [7, 11) is 0. The summed E-state index contributed by atoms with van der Waals surface area (Å²) in [6.07, 6.45) is 3.47. The minimum atomic E-state index is -0.148. The predicted molar refractivity (Wildman–Crippen MR) is 109 cm³/mol. The third kappa shape index (κ3) is 3.42. The van der Waals surface area contributed by atoms with Gasteiger partial charge in [0.1, 0.15) is 0 Å². The number of rotatable bonds is 3. The first-order chi connectivity index (χ1) is 13.1. The van der Waals surface area contributed by atoms with Crippen LogP contribution in [0.4, 0.5) is 5.69 Å². The molecular formula is C23H19N3O. The van der Waals surface area contributed by atoms with Crippen molar-refractivity contribution in [2.75, 3.05) is 5.32 Å². The van der Waals surface area contributed by atoms with Crippen molar-refractivity contribution in [3.05, 3.63) is 89.7 Å². The first kappa shape index (κ1) is 16.9. The lowest BCUT2D eigenvalue weighted by atomic mass is 10.0. The Morgan fingerprint density at radius 2 is 1.81 bits per heavy atom. The first-order valence-corrected chi connectivity index (χ1v) is 8.80. The van der Waals surface area contributed by atoms with E-state index in [0.29, 0.717) is 5.56 Å². The van der Waals surface area contributed by atoms with Gasteiger partial charge in [-0.15, -0.1) is 0 Å². The molecule has 4 aromatic rings. The summed E-state index contributed by atoms with van der Waals surface area (Å²) in [5, 5.41) is 3.87. The summed E-state index contributed by atoms with van der Waals surface area (Å²) >= 11 is 0. The van der Waals surface area contributed by atoms with Gasteiger partial charge in [0, 0.05) is 29.0 Å². The zero-order valence-electron chi connectivity index (χ0n) is 15.2. The standard InChI is InChI=1S/C23H19N3O/c1-15-9-10-20(16(2)12-15)26-23(27)19-13-22(17-6-5-11-24-14-17)25-21-8-4-3-7-18(19)21/h3-14H,1-2H3,(H,26,27). The van der Waals surface area contributed by atoms with Crippen LogP contribution in [0.2, 0.25) is 0 Å². The second-order valence-corrected chi connectivity index (χ2v) is 6.59. The molecule has 1 N–H and O–H groups in total. The molecule has 0 unspecified atom stereocenters. The van der Waals surface area contributed by atoms with Gasteiger partial charge in [0.05, 0.1) is 16.8 Å². The van der Waals surface area contributed by atoms with Gasteiger partial charge in [0.15, 0.2) is 0 Å². The van der Waals surface area contributed by atoms with Gasteiger partial charge < -0.3 is 5.32 Å². The Bertz CT molecular complexity index is 1140. The third-order valence-electron chi connectivity index (χ3n) is 4.55. The number of aromatic nitrogens is 2. The average Bonchev–Trinajstić information content (AvgIpc) is 2.70. The number of amides is 1. The Balaban J connectivity index is 1.81. The number of carbonyl (C=O) groups excluding carboxylic acids is 1. The summed E-state index contributed by atoms with van der Waals surface area (Å²) in [4.78, 5) is 22.0. The Morgan fingerprint density at radius 1 is 0.963 bits per heavy atom. The Kier molecular flexibility index (Phi) is 4.38. The number of carbonyl (C=O) groups is 1. The van der Waals surface area contributed by atoms with Gasteiger partial charge in [-0.2, -0.15) is 0 Å². The third-order valence-corrected chi connectivity index (χ3v) is 4.55. The molecule has 2 aromatic carbocycles. The molecule has 2 heterocycles. The number of nitrogens with one attached hydrogen (secondary N) is 1. The van der Waals surface area contributed by atoms with E-state index in [1.54, 1.807) is 12.4 Å². The molecule has 27 heavy (non-hydrogen) atoms. The molecule has 0 radical (unpaired) electrons. The van der Waals surface area contributed by atoms with Crippen molar-refractivity contribution in [3.8, 4) is 11.3 Å². The number of hydrogen-bond acceptors (Lipinski definition) is 3. The van der Waals surface area contributed by atoms with Crippen LogP contribution in [0.15, 0.2) is 73.1 Å². The van der Waals surface area contributed by atoms with Crippen LogP contribution >= 0.6 is 0 Å². The van der Waals surface area contributed by atoms with Crippen LogP contribution in [0.5, 0.6) is 0 Å². The monoisotopic (exact) mass is 353 g/mol. The van der Waals surface area contributed by atoms with Crippen molar-refractivity contribution in [2.45, 2.75) is 13.8 Å². The molecule has 0 fully saturated rings. The number of aryl methyl sites for hydroxylation is 2. The zero-order valence-corrected chi connectivity index (χ0v) is 15.2. The van der Waals surface area contributed by atoms with E-state index < -0.39 is 0 Å². The van der Waals surface area contributed by atoms with Crippen molar-refractivity contribution in [1.82, 2.24) is 9.97 Å². The van der Waals surface area contributed by atoms with E-state index in [2.05, 4.69) is 16.4 Å². The molecule has 0 aliphatic heterocycles. The van der Waals surface area contributed by atoms with Crippen molar-refractivity contribution < 1.29 is 4.79 Å². The van der Waals surface area contributed by atoms with Crippen molar-refractivity contribution in [3.63, 3.8) is 0 Å². The predicted octanol–water partition coefficient (Wildman–Crippen LogP) is 5.17. The molecule has 0 saturated carbocycles. The highest BCUT2D eigenvalue weighted by molar-refractivity contribution is 6.13. The van der Waals surface area contributed by atoms with Gasteiger partial charge in [-0.1, -0.05) is 35.9 Å². The van der Waals surface area contributed by atoms with Crippen LogP contribution in [-0.2, 0) is 0 Å². The highest BCUT2D eigenvalue weighted by atomic mass is 16.1. The van der Waals surface area contributed by atoms with E-state index in [4.69, 9.17) is 4.98 Å². The number of nitrogens with zero attached hydrogens (tertiary/aromatic N) is 2. The number of pyridine rings is 2. The van der Waals surface area contributed by atoms with Crippen LogP contribution < -0.4 is 5.32 Å². The molecule has 0 aliphatic carbocycles.